The van der Waals surface area contributed by atoms with E-state index in [1.54, 1.807) is 0 Å². The number of nitrogens with zero attached hydrogens (tertiary/aromatic N) is 2. The lowest BCUT2D eigenvalue weighted by molar-refractivity contribution is 0.169. The van der Waals surface area contributed by atoms with Crippen molar-refractivity contribution in [2.24, 2.45) is 0 Å². The number of pyridine rings is 1. The molecule has 2 rings (SSSR count). The molecule has 3 heteroatoms. The topological polar surface area (TPSA) is 36.4 Å². The first-order valence-electron chi connectivity index (χ1n) is 7.12. The first kappa shape index (κ1) is 14.5. The SMILES string of the molecule is CCc1ccc(N(C)c2ccc(C(O)CC)nc2)cc1. The molecule has 106 valence electrons. The molecule has 1 aromatic heterocycles. The highest BCUT2D eigenvalue weighted by molar-refractivity contribution is 5.61. The van der Waals surface area contributed by atoms with Crippen molar-refractivity contribution in [1.29, 1.82) is 0 Å². The average Bonchev–Trinajstić information content (AvgIpc) is 2.53. The van der Waals surface area contributed by atoms with Gasteiger partial charge >= 0.3 is 0 Å². The molecule has 2 aromatic rings. The predicted octanol–water partition coefficient (Wildman–Crippen LogP) is 3.86. The van der Waals surface area contributed by atoms with E-state index in [1.807, 2.05) is 32.3 Å². The highest BCUT2D eigenvalue weighted by Crippen LogP contribution is 2.24. The fourth-order valence-corrected chi connectivity index (χ4v) is 2.11. The lowest BCUT2D eigenvalue weighted by Crippen LogP contribution is -2.10. The van der Waals surface area contributed by atoms with Crippen LogP contribution < -0.4 is 4.90 Å². The van der Waals surface area contributed by atoms with Crippen molar-refractivity contribution in [3.63, 3.8) is 0 Å². The third-order valence-corrected chi connectivity index (χ3v) is 3.62. The van der Waals surface area contributed by atoms with Crippen LogP contribution in [0.25, 0.3) is 0 Å². The van der Waals surface area contributed by atoms with Gasteiger partial charge in [-0.1, -0.05) is 26.0 Å². The summed E-state index contributed by atoms with van der Waals surface area (Å²) >= 11 is 0. The van der Waals surface area contributed by atoms with Crippen molar-refractivity contribution in [1.82, 2.24) is 4.98 Å². The lowest BCUT2D eigenvalue weighted by Gasteiger charge is -2.20. The van der Waals surface area contributed by atoms with Gasteiger partial charge in [-0.05, 0) is 42.7 Å². The molecule has 0 aliphatic heterocycles. The number of hydrogen-bond donors (Lipinski definition) is 1. The maximum Gasteiger partial charge on any atom is 0.0957 e. The molecule has 0 saturated carbocycles. The molecule has 1 heterocycles. The highest BCUT2D eigenvalue weighted by atomic mass is 16.3. The quantitative estimate of drug-likeness (QED) is 0.896. The fraction of sp³-hybridized carbons (Fsp3) is 0.353. The number of aromatic nitrogens is 1. The van der Waals surface area contributed by atoms with E-state index in [2.05, 4.69) is 41.1 Å². The number of aliphatic hydroxyl groups excluding tert-OH is 1. The molecule has 0 aliphatic rings. The minimum absolute atomic E-state index is 0.474. The van der Waals surface area contributed by atoms with E-state index in [0.717, 1.165) is 23.5 Å². The third-order valence-electron chi connectivity index (χ3n) is 3.62. The van der Waals surface area contributed by atoms with E-state index in [-0.39, 0.29) is 0 Å². The van der Waals surface area contributed by atoms with Crippen LogP contribution in [0.1, 0.15) is 37.6 Å². The number of hydrogen-bond acceptors (Lipinski definition) is 3. The molecule has 1 N–H and O–H groups in total. The van der Waals surface area contributed by atoms with Crippen molar-refractivity contribution in [2.45, 2.75) is 32.8 Å². The van der Waals surface area contributed by atoms with Crippen molar-refractivity contribution in [3.8, 4) is 0 Å². The molecule has 0 bridgehead atoms. The Morgan fingerprint density at radius 1 is 1.05 bits per heavy atom. The Bertz CT molecular complexity index is 534. The molecule has 0 fully saturated rings. The van der Waals surface area contributed by atoms with E-state index >= 15 is 0 Å². The second-order valence-corrected chi connectivity index (χ2v) is 4.94. The largest absolute Gasteiger partial charge is 0.387 e. The summed E-state index contributed by atoms with van der Waals surface area (Å²) in [6, 6.07) is 12.4. The second-order valence-electron chi connectivity index (χ2n) is 4.94. The maximum atomic E-state index is 9.76. The molecule has 0 spiro atoms. The van der Waals surface area contributed by atoms with Crippen LogP contribution in [0.5, 0.6) is 0 Å². The summed E-state index contributed by atoms with van der Waals surface area (Å²) in [6.07, 6.45) is 3.07. The van der Waals surface area contributed by atoms with Crippen LogP contribution >= 0.6 is 0 Å². The standard InChI is InChI=1S/C17H22N2O/c1-4-13-6-8-14(9-7-13)19(3)15-10-11-16(18-12-15)17(20)5-2/h6-12,17,20H,4-5H2,1-3H3. The normalized spacial score (nSPS) is 12.2. The van der Waals surface area contributed by atoms with Gasteiger partial charge in [0.2, 0.25) is 0 Å². The van der Waals surface area contributed by atoms with E-state index in [0.29, 0.717) is 6.42 Å². The lowest BCUT2D eigenvalue weighted by atomic mass is 10.1. The van der Waals surface area contributed by atoms with Crippen LogP contribution in [0.4, 0.5) is 11.4 Å². The maximum absolute atomic E-state index is 9.76. The smallest absolute Gasteiger partial charge is 0.0957 e. The second kappa shape index (κ2) is 6.53. The van der Waals surface area contributed by atoms with Crippen molar-refractivity contribution >= 4 is 11.4 Å². The minimum Gasteiger partial charge on any atom is -0.387 e. The van der Waals surface area contributed by atoms with Crippen LogP contribution in [0.2, 0.25) is 0 Å². The molecule has 3 nitrogen and oxygen atoms in total. The van der Waals surface area contributed by atoms with E-state index < -0.39 is 6.10 Å². The van der Waals surface area contributed by atoms with Gasteiger partial charge < -0.3 is 10.0 Å². The van der Waals surface area contributed by atoms with Gasteiger partial charge in [0, 0.05) is 12.7 Å². The Morgan fingerprint density at radius 3 is 2.20 bits per heavy atom. The summed E-state index contributed by atoms with van der Waals surface area (Å²) in [6.45, 7) is 4.10. The Hall–Kier alpha value is -1.87. The van der Waals surface area contributed by atoms with E-state index in [9.17, 15) is 5.11 Å². The fourth-order valence-electron chi connectivity index (χ4n) is 2.11. The molecular weight excluding hydrogens is 248 g/mol. The Kier molecular flexibility index (Phi) is 4.74. The molecule has 1 atom stereocenters. The molecular formula is C17H22N2O. The van der Waals surface area contributed by atoms with Crippen LogP contribution in [-0.2, 0) is 6.42 Å². The first-order valence-corrected chi connectivity index (χ1v) is 7.12. The predicted molar refractivity (Wildman–Crippen MR) is 83.4 cm³/mol. The van der Waals surface area contributed by atoms with Gasteiger partial charge in [-0.15, -0.1) is 0 Å². The molecule has 1 aromatic carbocycles. The number of anilines is 2. The highest BCUT2D eigenvalue weighted by Gasteiger charge is 2.08. The van der Waals surface area contributed by atoms with Gasteiger partial charge in [-0.25, -0.2) is 0 Å². The summed E-state index contributed by atoms with van der Waals surface area (Å²) in [4.78, 5) is 6.43. The summed E-state index contributed by atoms with van der Waals surface area (Å²) in [5, 5.41) is 9.76. The summed E-state index contributed by atoms with van der Waals surface area (Å²) in [5.74, 6) is 0. The van der Waals surface area contributed by atoms with Gasteiger partial charge in [0.25, 0.3) is 0 Å². The summed E-state index contributed by atoms with van der Waals surface area (Å²) < 4.78 is 0. The first-order chi connectivity index (χ1) is 9.65. The molecule has 0 radical (unpaired) electrons. The van der Waals surface area contributed by atoms with Crippen LogP contribution in [0.3, 0.4) is 0 Å². The number of aryl methyl sites for hydroxylation is 1. The molecule has 0 saturated heterocycles. The summed E-state index contributed by atoms with van der Waals surface area (Å²) in [5.41, 5.74) is 4.21. The Balaban J connectivity index is 2.17. The van der Waals surface area contributed by atoms with Gasteiger partial charge in [0.1, 0.15) is 0 Å². The van der Waals surface area contributed by atoms with Crippen LogP contribution in [0.15, 0.2) is 42.6 Å². The molecule has 0 aliphatic carbocycles. The van der Waals surface area contributed by atoms with E-state index in [1.165, 1.54) is 5.56 Å². The molecule has 1 unspecified atom stereocenters. The van der Waals surface area contributed by atoms with Gasteiger partial charge in [0.15, 0.2) is 0 Å². The van der Waals surface area contributed by atoms with Gasteiger partial charge in [-0.2, -0.15) is 0 Å². The average molecular weight is 270 g/mol. The summed E-state index contributed by atoms with van der Waals surface area (Å²) in [7, 11) is 2.02. The molecule has 0 amide bonds. The zero-order valence-electron chi connectivity index (χ0n) is 12.4. The zero-order chi connectivity index (χ0) is 14.5. The number of benzene rings is 1. The molecule has 20 heavy (non-hydrogen) atoms. The van der Waals surface area contributed by atoms with Gasteiger partial charge in [-0.3, -0.25) is 4.98 Å². The number of rotatable bonds is 5. The van der Waals surface area contributed by atoms with E-state index in [4.69, 9.17) is 0 Å². The third kappa shape index (κ3) is 3.17. The Labute approximate surface area is 120 Å². The minimum atomic E-state index is -0.474. The monoisotopic (exact) mass is 270 g/mol. The van der Waals surface area contributed by atoms with Crippen molar-refractivity contribution in [2.75, 3.05) is 11.9 Å². The zero-order valence-corrected chi connectivity index (χ0v) is 12.4. The van der Waals surface area contributed by atoms with Gasteiger partial charge in [0.05, 0.1) is 23.7 Å². The van der Waals surface area contributed by atoms with Crippen LogP contribution in [-0.4, -0.2) is 17.1 Å². The number of aliphatic hydroxyl groups is 1. The van der Waals surface area contributed by atoms with Crippen LogP contribution in [0, 0.1) is 0 Å². The Morgan fingerprint density at radius 2 is 1.70 bits per heavy atom. The van der Waals surface area contributed by atoms with Crippen molar-refractivity contribution < 1.29 is 5.11 Å². The van der Waals surface area contributed by atoms with Crippen molar-refractivity contribution in [3.05, 3.63) is 53.9 Å².